The Balaban J connectivity index is 1.65. The highest BCUT2D eigenvalue weighted by Crippen LogP contribution is 2.26. The minimum atomic E-state index is -0.943. The van der Waals surface area contributed by atoms with E-state index in [1.807, 2.05) is 58.9 Å². The number of carbonyl (C=O) groups excluding carboxylic acids is 4. The Bertz CT molecular complexity index is 1610. The molecule has 0 saturated heterocycles. The zero-order valence-electron chi connectivity index (χ0n) is 30.1. The Labute approximate surface area is 296 Å². The first kappa shape index (κ1) is 38.1. The number of hydrogen-bond donors (Lipinski definition) is 4. The average Bonchev–Trinajstić information content (AvgIpc) is 3.10. The van der Waals surface area contributed by atoms with Crippen LogP contribution in [0.15, 0.2) is 72.8 Å². The molecular weight excluding hydrogens is 632 g/mol. The molecular formula is C40H52N4O6. The van der Waals surface area contributed by atoms with Crippen LogP contribution in [0.5, 0.6) is 11.5 Å². The molecule has 50 heavy (non-hydrogen) atoms. The van der Waals surface area contributed by atoms with Crippen LogP contribution in [0, 0.1) is 11.8 Å². The van der Waals surface area contributed by atoms with Crippen molar-refractivity contribution in [3.8, 4) is 11.5 Å². The van der Waals surface area contributed by atoms with Crippen molar-refractivity contribution < 1.29 is 29.0 Å². The summed E-state index contributed by atoms with van der Waals surface area (Å²) >= 11 is 0. The van der Waals surface area contributed by atoms with E-state index in [9.17, 15) is 24.3 Å². The number of fused-ring (bicyclic) bond motifs is 1. The van der Waals surface area contributed by atoms with E-state index in [2.05, 4.69) is 16.0 Å². The van der Waals surface area contributed by atoms with E-state index in [1.165, 1.54) is 4.90 Å². The molecule has 1 aliphatic rings. The molecule has 0 saturated carbocycles. The fourth-order valence-electron chi connectivity index (χ4n) is 6.30. The number of ketones is 1. The van der Waals surface area contributed by atoms with Gasteiger partial charge in [0.2, 0.25) is 17.7 Å². The summed E-state index contributed by atoms with van der Waals surface area (Å²) in [5.74, 6) is -0.722. The number of hydrogen-bond acceptors (Lipinski definition) is 7. The lowest BCUT2D eigenvalue weighted by molar-refractivity contribution is -0.144. The third kappa shape index (κ3) is 9.94. The Morgan fingerprint density at radius 1 is 0.940 bits per heavy atom. The van der Waals surface area contributed by atoms with Crippen molar-refractivity contribution >= 4 is 23.5 Å². The van der Waals surface area contributed by atoms with Crippen LogP contribution in [0.25, 0.3) is 0 Å². The number of phenolic OH excluding ortho intramolecular Hbond substituents is 1. The smallest absolute Gasteiger partial charge is 0.243 e. The normalized spacial score (nSPS) is 22.0. The first-order valence-electron chi connectivity index (χ1n) is 17.6. The van der Waals surface area contributed by atoms with Crippen LogP contribution in [-0.4, -0.2) is 77.9 Å². The molecule has 268 valence electrons. The van der Waals surface area contributed by atoms with Crippen LogP contribution in [-0.2, 0) is 27.2 Å². The lowest BCUT2D eigenvalue weighted by Crippen LogP contribution is -2.60. The van der Waals surface area contributed by atoms with Gasteiger partial charge in [-0.1, -0.05) is 94.8 Å². The lowest BCUT2D eigenvalue weighted by Gasteiger charge is -2.36. The predicted molar refractivity (Wildman–Crippen MR) is 194 cm³/mol. The molecule has 5 atom stereocenters. The second-order valence-electron chi connectivity index (χ2n) is 13.7. The van der Waals surface area contributed by atoms with Gasteiger partial charge < -0.3 is 30.7 Å². The number of aryl methyl sites for hydroxylation is 1. The molecule has 0 radical (unpaired) electrons. The molecule has 4 N–H and O–H groups in total. The molecule has 4 rings (SSSR count). The summed E-state index contributed by atoms with van der Waals surface area (Å²) in [5.41, 5.74) is 2.76. The highest BCUT2D eigenvalue weighted by atomic mass is 16.5. The first-order valence-corrected chi connectivity index (χ1v) is 17.6. The number of nitrogens with zero attached hydrogens (tertiary/aromatic N) is 1. The summed E-state index contributed by atoms with van der Waals surface area (Å²) in [7, 11) is 1.64. The van der Waals surface area contributed by atoms with Gasteiger partial charge in [-0.3, -0.25) is 19.2 Å². The van der Waals surface area contributed by atoms with Gasteiger partial charge in [-0.25, -0.2) is 0 Å². The number of rotatable bonds is 7. The third-order valence-electron chi connectivity index (χ3n) is 9.48. The van der Waals surface area contributed by atoms with Gasteiger partial charge in [0.05, 0.1) is 6.04 Å². The van der Waals surface area contributed by atoms with Gasteiger partial charge in [-0.2, -0.15) is 0 Å². The number of aromatic hydroxyl groups is 1. The molecule has 1 aliphatic heterocycles. The third-order valence-corrected chi connectivity index (χ3v) is 9.48. The molecule has 0 bridgehead atoms. The highest BCUT2D eigenvalue weighted by molar-refractivity contribution is 6.09. The molecule has 3 amide bonds. The Morgan fingerprint density at radius 2 is 1.62 bits per heavy atom. The molecule has 0 fully saturated rings. The van der Waals surface area contributed by atoms with Crippen molar-refractivity contribution in [2.75, 3.05) is 20.2 Å². The summed E-state index contributed by atoms with van der Waals surface area (Å²) < 4.78 is 6.07. The topological polar surface area (TPSA) is 137 Å². The van der Waals surface area contributed by atoms with E-state index in [-0.39, 0.29) is 54.3 Å². The molecule has 10 heteroatoms. The van der Waals surface area contributed by atoms with Crippen LogP contribution >= 0.6 is 0 Å². The summed E-state index contributed by atoms with van der Waals surface area (Å²) in [4.78, 5) is 56.5. The number of phenols is 1. The molecule has 0 aliphatic carbocycles. The van der Waals surface area contributed by atoms with Crippen LogP contribution in [0.2, 0.25) is 0 Å². The standard InChI is InChI=1S/C40H52N4O6/c1-7-26(4)36-39(48)43-33(23-28-14-17-31(18-15-28)37(46)30-11-9-8-10-12-30)38(47)42-27(5)13-16-29-19-20-32(45)24-34(29)50-22-21-41-35(25(2)3)40(49)44(36)6/h8-12,14-15,17-20,24-27,33,35-36,41,45H,7,13,16,21-23H2,1-6H3,(H,42,47)(H,43,48). The maximum atomic E-state index is 14.1. The van der Waals surface area contributed by atoms with Gasteiger partial charge in [0.1, 0.15) is 30.2 Å². The molecule has 3 aromatic carbocycles. The van der Waals surface area contributed by atoms with Gasteiger partial charge >= 0.3 is 0 Å². The van der Waals surface area contributed by atoms with Crippen molar-refractivity contribution in [3.63, 3.8) is 0 Å². The molecule has 0 spiro atoms. The van der Waals surface area contributed by atoms with E-state index in [1.54, 1.807) is 55.6 Å². The minimum Gasteiger partial charge on any atom is -0.508 e. The fraction of sp³-hybridized carbons (Fsp3) is 0.450. The second-order valence-corrected chi connectivity index (χ2v) is 13.7. The van der Waals surface area contributed by atoms with Gasteiger partial charge in [0.15, 0.2) is 5.78 Å². The van der Waals surface area contributed by atoms with Crippen LogP contribution < -0.4 is 20.7 Å². The van der Waals surface area contributed by atoms with Gasteiger partial charge in [-0.05, 0) is 48.8 Å². The lowest BCUT2D eigenvalue weighted by atomic mass is 9.94. The largest absolute Gasteiger partial charge is 0.508 e. The van der Waals surface area contributed by atoms with Gasteiger partial charge in [0.25, 0.3) is 0 Å². The number of ether oxygens (including phenoxy) is 1. The highest BCUT2D eigenvalue weighted by Gasteiger charge is 2.37. The maximum absolute atomic E-state index is 14.1. The minimum absolute atomic E-state index is 0.0794. The summed E-state index contributed by atoms with van der Waals surface area (Å²) in [6.45, 7) is 10.3. The van der Waals surface area contributed by atoms with Crippen molar-refractivity contribution in [1.29, 1.82) is 0 Å². The second kappa shape index (κ2) is 17.8. The number of nitrogens with one attached hydrogen (secondary N) is 3. The van der Waals surface area contributed by atoms with E-state index in [0.717, 1.165) is 11.1 Å². The van der Waals surface area contributed by atoms with Crippen molar-refractivity contribution in [2.24, 2.45) is 11.8 Å². The van der Waals surface area contributed by atoms with E-state index in [4.69, 9.17) is 4.74 Å². The number of carbonyl (C=O) groups is 4. The van der Waals surface area contributed by atoms with E-state index < -0.39 is 24.0 Å². The van der Waals surface area contributed by atoms with Crippen molar-refractivity contribution in [1.82, 2.24) is 20.9 Å². The fourth-order valence-corrected chi connectivity index (χ4v) is 6.30. The molecule has 5 unspecified atom stereocenters. The van der Waals surface area contributed by atoms with Gasteiger partial charge in [0, 0.05) is 43.2 Å². The van der Waals surface area contributed by atoms with Crippen LogP contribution in [0.1, 0.15) is 74.5 Å². The summed E-state index contributed by atoms with van der Waals surface area (Å²) in [5, 5.41) is 19.6. The zero-order chi connectivity index (χ0) is 36.4. The maximum Gasteiger partial charge on any atom is 0.243 e. The van der Waals surface area contributed by atoms with E-state index in [0.29, 0.717) is 42.7 Å². The Morgan fingerprint density at radius 3 is 2.28 bits per heavy atom. The SMILES string of the molecule is CCC(C)C1C(=O)NC(Cc2ccc(C(=O)c3ccccc3)cc2)C(=O)NC(C)CCc2ccc(O)cc2OCCNC(C(C)C)C(=O)N1C. The molecule has 10 nitrogen and oxygen atoms in total. The Hall–Kier alpha value is -4.70. The number of likely N-dealkylation sites (N-methyl/N-ethyl adjacent to an activating group) is 1. The van der Waals surface area contributed by atoms with Gasteiger partial charge in [-0.15, -0.1) is 0 Å². The summed E-state index contributed by atoms with van der Waals surface area (Å²) in [6.07, 6.45) is 1.98. The zero-order valence-corrected chi connectivity index (χ0v) is 30.1. The molecule has 3 aromatic rings. The predicted octanol–water partition coefficient (Wildman–Crippen LogP) is 4.67. The van der Waals surface area contributed by atoms with Crippen molar-refractivity contribution in [3.05, 3.63) is 95.1 Å². The Kier molecular flexibility index (Phi) is 13.6. The van der Waals surface area contributed by atoms with E-state index >= 15 is 0 Å². The molecule has 1 heterocycles. The van der Waals surface area contributed by atoms with Crippen LogP contribution in [0.3, 0.4) is 0 Å². The molecule has 0 aromatic heterocycles. The monoisotopic (exact) mass is 684 g/mol. The number of benzene rings is 3. The average molecular weight is 685 g/mol. The first-order chi connectivity index (χ1) is 23.9. The number of amides is 3. The van der Waals surface area contributed by atoms with Crippen molar-refractivity contribution in [2.45, 2.75) is 84.5 Å². The summed E-state index contributed by atoms with van der Waals surface area (Å²) in [6, 6.07) is 18.5. The van der Waals surface area contributed by atoms with Crippen LogP contribution in [0.4, 0.5) is 0 Å². The quantitative estimate of drug-likeness (QED) is 0.266.